The predicted molar refractivity (Wildman–Crippen MR) is 61.9 cm³/mol. The van der Waals surface area contributed by atoms with Gasteiger partial charge in [-0.3, -0.25) is 4.79 Å². The SMILES string of the molecule is CN(C)C(=O)CNc1ncnc(Cl)c1Br. The summed E-state index contributed by atoms with van der Waals surface area (Å²) in [5.41, 5.74) is 0. The third-order valence-electron chi connectivity index (χ3n) is 1.65. The van der Waals surface area contributed by atoms with Crippen molar-refractivity contribution in [3.63, 3.8) is 0 Å². The van der Waals surface area contributed by atoms with Gasteiger partial charge in [0.1, 0.15) is 17.3 Å². The van der Waals surface area contributed by atoms with Crippen LogP contribution in [-0.4, -0.2) is 41.4 Å². The summed E-state index contributed by atoms with van der Waals surface area (Å²) in [4.78, 5) is 20.5. The second kappa shape index (κ2) is 5.27. The molecular formula is C8H10BrClN4O. The Balaban J connectivity index is 2.66. The van der Waals surface area contributed by atoms with Gasteiger partial charge in [-0.1, -0.05) is 11.6 Å². The highest BCUT2D eigenvalue weighted by atomic mass is 79.9. The lowest BCUT2D eigenvalue weighted by molar-refractivity contribution is -0.126. The van der Waals surface area contributed by atoms with Crippen molar-refractivity contribution in [2.75, 3.05) is 26.0 Å². The maximum absolute atomic E-state index is 11.3. The molecule has 1 rings (SSSR count). The number of amides is 1. The van der Waals surface area contributed by atoms with E-state index in [2.05, 4.69) is 31.2 Å². The van der Waals surface area contributed by atoms with Gasteiger partial charge >= 0.3 is 0 Å². The zero-order chi connectivity index (χ0) is 11.4. The molecule has 1 heterocycles. The fourth-order valence-corrected chi connectivity index (χ4v) is 1.27. The fraction of sp³-hybridized carbons (Fsp3) is 0.375. The molecule has 0 spiro atoms. The van der Waals surface area contributed by atoms with Gasteiger partial charge in [0, 0.05) is 14.1 Å². The van der Waals surface area contributed by atoms with Crippen molar-refractivity contribution in [2.24, 2.45) is 0 Å². The largest absolute Gasteiger partial charge is 0.360 e. The summed E-state index contributed by atoms with van der Waals surface area (Å²) in [6.07, 6.45) is 1.33. The van der Waals surface area contributed by atoms with Crippen molar-refractivity contribution >= 4 is 39.3 Å². The molecule has 15 heavy (non-hydrogen) atoms. The summed E-state index contributed by atoms with van der Waals surface area (Å²) in [6, 6.07) is 0. The van der Waals surface area contributed by atoms with E-state index in [1.54, 1.807) is 14.1 Å². The van der Waals surface area contributed by atoms with Crippen molar-refractivity contribution in [2.45, 2.75) is 0 Å². The van der Waals surface area contributed by atoms with Crippen LogP contribution >= 0.6 is 27.5 Å². The van der Waals surface area contributed by atoms with Crippen LogP contribution in [0.4, 0.5) is 5.82 Å². The molecule has 0 aromatic carbocycles. The number of nitrogens with one attached hydrogen (secondary N) is 1. The van der Waals surface area contributed by atoms with Gasteiger partial charge in [0.2, 0.25) is 5.91 Å². The van der Waals surface area contributed by atoms with Gasteiger partial charge in [0.25, 0.3) is 0 Å². The van der Waals surface area contributed by atoms with Crippen LogP contribution in [0.3, 0.4) is 0 Å². The number of hydrogen-bond donors (Lipinski definition) is 1. The third-order valence-corrected chi connectivity index (χ3v) is 2.92. The van der Waals surface area contributed by atoms with E-state index in [1.165, 1.54) is 11.2 Å². The first-order chi connectivity index (χ1) is 7.02. The Morgan fingerprint density at radius 1 is 1.60 bits per heavy atom. The summed E-state index contributed by atoms with van der Waals surface area (Å²) in [7, 11) is 3.37. The molecule has 0 fully saturated rings. The minimum Gasteiger partial charge on any atom is -0.360 e. The fourth-order valence-electron chi connectivity index (χ4n) is 0.789. The molecule has 1 aromatic heterocycles. The predicted octanol–water partition coefficient (Wildman–Crippen LogP) is 1.39. The van der Waals surface area contributed by atoms with E-state index in [0.29, 0.717) is 15.4 Å². The summed E-state index contributed by atoms with van der Waals surface area (Å²) in [5.74, 6) is 0.460. The molecule has 1 N–H and O–H groups in total. The molecule has 7 heteroatoms. The first-order valence-corrected chi connectivity index (χ1v) is 5.29. The van der Waals surface area contributed by atoms with E-state index in [9.17, 15) is 4.79 Å². The van der Waals surface area contributed by atoms with Crippen LogP contribution in [0.15, 0.2) is 10.8 Å². The van der Waals surface area contributed by atoms with E-state index in [-0.39, 0.29) is 12.5 Å². The molecule has 0 aliphatic rings. The lowest BCUT2D eigenvalue weighted by Gasteiger charge is -2.11. The van der Waals surface area contributed by atoms with Crippen LogP contribution in [0.25, 0.3) is 0 Å². The normalized spacial score (nSPS) is 9.87. The summed E-state index contributed by atoms with van der Waals surface area (Å²) in [6.45, 7) is 0.166. The summed E-state index contributed by atoms with van der Waals surface area (Å²) >= 11 is 8.98. The van der Waals surface area contributed by atoms with Crippen LogP contribution in [0.5, 0.6) is 0 Å². The van der Waals surface area contributed by atoms with Crippen molar-refractivity contribution in [1.82, 2.24) is 14.9 Å². The van der Waals surface area contributed by atoms with Gasteiger partial charge < -0.3 is 10.2 Å². The molecule has 5 nitrogen and oxygen atoms in total. The number of carbonyl (C=O) groups is 1. The molecule has 0 aliphatic carbocycles. The highest BCUT2D eigenvalue weighted by Crippen LogP contribution is 2.25. The van der Waals surface area contributed by atoms with Gasteiger partial charge in [0.05, 0.1) is 11.0 Å². The van der Waals surface area contributed by atoms with Crippen LogP contribution in [0.2, 0.25) is 5.15 Å². The van der Waals surface area contributed by atoms with Crippen molar-refractivity contribution < 1.29 is 4.79 Å². The van der Waals surface area contributed by atoms with Crippen molar-refractivity contribution in [3.8, 4) is 0 Å². The number of carbonyl (C=O) groups excluding carboxylic acids is 1. The Labute approximate surface area is 101 Å². The minimum atomic E-state index is -0.0448. The molecule has 0 radical (unpaired) electrons. The molecule has 82 valence electrons. The van der Waals surface area contributed by atoms with E-state index in [0.717, 1.165) is 0 Å². The zero-order valence-corrected chi connectivity index (χ0v) is 10.6. The maximum atomic E-state index is 11.3. The van der Waals surface area contributed by atoms with Crippen molar-refractivity contribution in [1.29, 1.82) is 0 Å². The Morgan fingerprint density at radius 2 is 2.27 bits per heavy atom. The molecule has 0 saturated carbocycles. The number of anilines is 1. The number of rotatable bonds is 3. The Bertz CT molecular complexity index is 372. The number of aromatic nitrogens is 2. The number of nitrogens with zero attached hydrogens (tertiary/aromatic N) is 3. The molecule has 0 saturated heterocycles. The van der Waals surface area contributed by atoms with Gasteiger partial charge in [-0.2, -0.15) is 0 Å². The lowest BCUT2D eigenvalue weighted by Crippen LogP contribution is -2.28. The highest BCUT2D eigenvalue weighted by molar-refractivity contribution is 9.10. The van der Waals surface area contributed by atoms with E-state index in [4.69, 9.17) is 11.6 Å². The Morgan fingerprint density at radius 3 is 2.87 bits per heavy atom. The average Bonchev–Trinajstić information content (AvgIpc) is 2.19. The van der Waals surface area contributed by atoms with Crippen LogP contribution in [-0.2, 0) is 4.79 Å². The standard InChI is InChI=1S/C8H10BrClN4O/c1-14(2)5(15)3-11-8-6(9)7(10)12-4-13-8/h4H,3H2,1-2H3,(H,11,12,13). The molecule has 0 aliphatic heterocycles. The molecule has 1 aromatic rings. The zero-order valence-electron chi connectivity index (χ0n) is 8.29. The van der Waals surface area contributed by atoms with Gasteiger partial charge in [0.15, 0.2) is 0 Å². The number of hydrogen-bond acceptors (Lipinski definition) is 4. The molecule has 0 bridgehead atoms. The van der Waals surface area contributed by atoms with E-state index < -0.39 is 0 Å². The Hall–Kier alpha value is -0.880. The average molecular weight is 294 g/mol. The second-order valence-corrected chi connectivity index (χ2v) is 4.12. The molecular weight excluding hydrogens is 283 g/mol. The Kier molecular flexibility index (Phi) is 4.28. The lowest BCUT2D eigenvalue weighted by atomic mass is 10.5. The highest BCUT2D eigenvalue weighted by Gasteiger charge is 2.08. The van der Waals surface area contributed by atoms with Crippen LogP contribution < -0.4 is 5.32 Å². The first-order valence-electron chi connectivity index (χ1n) is 4.12. The van der Waals surface area contributed by atoms with Gasteiger partial charge in [-0.15, -0.1) is 0 Å². The molecule has 0 unspecified atom stereocenters. The second-order valence-electron chi connectivity index (χ2n) is 2.97. The first kappa shape index (κ1) is 12.2. The van der Waals surface area contributed by atoms with Gasteiger partial charge in [-0.25, -0.2) is 9.97 Å². The summed E-state index contributed by atoms with van der Waals surface area (Å²) < 4.78 is 0.554. The van der Waals surface area contributed by atoms with Gasteiger partial charge in [-0.05, 0) is 15.9 Å². The molecule has 1 amide bonds. The number of halogens is 2. The molecule has 0 atom stereocenters. The smallest absolute Gasteiger partial charge is 0.241 e. The van der Waals surface area contributed by atoms with E-state index in [1.807, 2.05) is 0 Å². The summed E-state index contributed by atoms with van der Waals surface area (Å²) in [5, 5.41) is 3.17. The van der Waals surface area contributed by atoms with Crippen molar-refractivity contribution in [3.05, 3.63) is 16.0 Å². The monoisotopic (exact) mass is 292 g/mol. The van der Waals surface area contributed by atoms with Crippen LogP contribution in [0.1, 0.15) is 0 Å². The third kappa shape index (κ3) is 3.32. The number of likely N-dealkylation sites (N-methyl/N-ethyl adjacent to an activating group) is 1. The van der Waals surface area contributed by atoms with Crippen LogP contribution in [0, 0.1) is 0 Å². The van der Waals surface area contributed by atoms with E-state index >= 15 is 0 Å². The minimum absolute atomic E-state index is 0.0448. The topological polar surface area (TPSA) is 58.1 Å². The quantitative estimate of drug-likeness (QED) is 0.856. The maximum Gasteiger partial charge on any atom is 0.241 e.